The molecule has 0 fully saturated rings. The van der Waals surface area contributed by atoms with Crippen LogP contribution in [0.1, 0.15) is 22.8 Å². The number of nitro benzene ring substituents is 1. The Morgan fingerprint density at radius 2 is 2.25 bits per heavy atom. The normalized spacial score (nSPS) is 9.88. The number of carbonyl (C=O) groups excluding carboxylic acids is 1. The van der Waals surface area contributed by atoms with E-state index >= 15 is 0 Å². The molecule has 0 unspecified atom stereocenters. The Morgan fingerprint density at radius 3 is 2.75 bits per heavy atom. The molecule has 86 valence electrons. The van der Waals surface area contributed by atoms with Crippen molar-refractivity contribution in [2.75, 3.05) is 6.61 Å². The van der Waals surface area contributed by atoms with E-state index in [4.69, 9.17) is 16.3 Å². The van der Waals surface area contributed by atoms with Gasteiger partial charge in [0, 0.05) is 11.9 Å². The summed E-state index contributed by atoms with van der Waals surface area (Å²) in [5, 5.41) is 10.8. The summed E-state index contributed by atoms with van der Waals surface area (Å²) in [7, 11) is 0. The lowest BCUT2D eigenvalue weighted by atomic mass is 10.1. The molecule has 0 aromatic heterocycles. The lowest BCUT2D eigenvalue weighted by Gasteiger charge is -2.06. The van der Waals surface area contributed by atoms with Gasteiger partial charge in [0.25, 0.3) is 5.69 Å². The minimum Gasteiger partial charge on any atom is -0.462 e. The highest BCUT2D eigenvalue weighted by Crippen LogP contribution is 2.24. The summed E-state index contributed by atoms with van der Waals surface area (Å²) in [6.45, 7) is 1.79. The molecule has 0 aliphatic carbocycles. The minimum atomic E-state index is -0.717. The van der Waals surface area contributed by atoms with Gasteiger partial charge in [-0.25, -0.2) is 4.79 Å². The number of hydrogen-bond acceptors (Lipinski definition) is 4. The monoisotopic (exact) mass is 243 g/mol. The zero-order valence-electron chi connectivity index (χ0n) is 8.60. The fraction of sp³-hybridized carbons (Fsp3) is 0.300. The van der Waals surface area contributed by atoms with E-state index in [0.717, 1.165) is 0 Å². The molecule has 0 bridgehead atoms. The van der Waals surface area contributed by atoms with E-state index in [1.165, 1.54) is 12.1 Å². The fourth-order valence-electron chi connectivity index (χ4n) is 1.29. The quantitative estimate of drug-likeness (QED) is 0.353. The second-order valence-corrected chi connectivity index (χ2v) is 3.19. The molecule has 0 atom stereocenters. The number of rotatable bonds is 4. The summed E-state index contributed by atoms with van der Waals surface area (Å²) in [6, 6.07) is 4.30. The standard InChI is InChI=1S/C10H10ClNO4/c1-2-16-10(13)9-7(6-11)4-3-5-8(9)12(14)15/h3-5H,2,6H2,1H3. The summed E-state index contributed by atoms with van der Waals surface area (Å²) >= 11 is 5.62. The van der Waals surface area contributed by atoms with Gasteiger partial charge in [0.15, 0.2) is 0 Å². The number of benzene rings is 1. The average molecular weight is 244 g/mol. The van der Waals surface area contributed by atoms with Gasteiger partial charge in [-0.3, -0.25) is 10.1 Å². The Kier molecular flexibility index (Phi) is 4.25. The summed E-state index contributed by atoms with van der Waals surface area (Å²) in [5.74, 6) is -0.694. The predicted molar refractivity (Wildman–Crippen MR) is 58.6 cm³/mol. The first-order chi connectivity index (χ1) is 7.61. The van der Waals surface area contributed by atoms with Crippen LogP contribution in [0.25, 0.3) is 0 Å². The molecule has 6 heteroatoms. The van der Waals surface area contributed by atoms with Gasteiger partial charge in [-0.1, -0.05) is 12.1 Å². The summed E-state index contributed by atoms with van der Waals surface area (Å²) < 4.78 is 4.76. The molecule has 1 rings (SSSR count). The molecule has 0 aliphatic heterocycles. The Labute approximate surface area is 97.1 Å². The molecule has 0 saturated heterocycles. The molecule has 0 radical (unpaired) electrons. The Bertz CT molecular complexity index is 419. The average Bonchev–Trinajstić information content (AvgIpc) is 2.28. The van der Waals surface area contributed by atoms with Crippen molar-refractivity contribution in [1.82, 2.24) is 0 Å². The van der Waals surface area contributed by atoms with Crippen LogP contribution >= 0.6 is 11.6 Å². The van der Waals surface area contributed by atoms with Crippen LogP contribution in [-0.2, 0) is 10.6 Å². The van der Waals surface area contributed by atoms with Gasteiger partial charge >= 0.3 is 5.97 Å². The van der Waals surface area contributed by atoms with Crippen LogP contribution in [0.2, 0.25) is 0 Å². The second kappa shape index (κ2) is 5.46. The minimum absolute atomic E-state index is 0.0236. The molecule has 1 aromatic carbocycles. The van der Waals surface area contributed by atoms with Crippen LogP contribution in [-0.4, -0.2) is 17.5 Å². The van der Waals surface area contributed by atoms with Gasteiger partial charge in [0.2, 0.25) is 0 Å². The van der Waals surface area contributed by atoms with Crippen molar-refractivity contribution >= 4 is 23.3 Å². The summed E-state index contributed by atoms with van der Waals surface area (Å²) in [4.78, 5) is 21.7. The molecule has 0 heterocycles. The SMILES string of the molecule is CCOC(=O)c1c(CCl)cccc1[N+](=O)[O-]. The van der Waals surface area contributed by atoms with Crippen molar-refractivity contribution in [3.8, 4) is 0 Å². The van der Waals surface area contributed by atoms with E-state index < -0.39 is 10.9 Å². The molecular weight excluding hydrogens is 234 g/mol. The smallest absolute Gasteiger partial charge is 0.345 e. The molecule has 0 aliphatic rings. The second-order valence-electron chi connectivity index (χ2n) is 2.92. The number of hydrogen-bond donors (Lipinski definition) is 0. The first-order valence-corrected chi connectivity index (χ1v) is 5.14. The highest BCUT2D eigenvalue weighted by Gasteiger charge is 2.24. The molecule has 0 N–H and O–H groups in total. The van der Waals surface area contributed by atoms with E-state index in [2.05, 4.69) is 0 Å². The number of carbonyl (C=O) groups is 1. The molecule has 0 spiro atoms. The van der Waals surface area contributed by atoms with E-state index in [9.17, 15) is 14.9 Å². The first-order valence-electron chi connectivity index (χ1n) is 4.61. The van der Waals surface area contributed by atoms with Gasteiger partial charge < -0.3 is 4.74 Å². The van der Waals surface area contributed by atoms with Crippen molar-refractivity contribution in [2.24, 2.45) is 0 Å². The van der Waals surface area contributed by atoms with Crippen molar-refractivity contribution in [1.29, 1.82) is 0 Å². The number of nitro groups is 1. The lowest BCUT2D eigenvalue weighted by molar-refractivity contribution is -0.385. The van der Waals surface area contributed by atoms with Gasteiger partial charge in [-0.05, 0) is 12.5 Å². The first kappa shape index (κ1) is 12.4. The number of alkyl halides is 1. The van der Waals surface area contributed by atoms with Crippen molar-refractivity contribution in [2.45, 2.75) is 12.8 Å². The molecule has 1 aromatic rings. The maximum atomic E-state index is 11.6. The third-order valence-electron chi connectivity index (χ3n) is 1.95. The van der Waals surface area contributed by atoms with Crippen molar-refractivity contribution in [3.05, 3.63) is 39.4 Å². The van der Waals surface area contributed by atoms with Gasteiger partial charge in [-0.2, -0.15) is 0 Å². The van der Waals surface area contributed by atoms with Crippen LogP contribution in [0.3, 0.4) is 0 Å². The molecular formula is C10H10ClNO4. The van der Waals surface area contributed by atoms with Crippen molar-refractivity contribution in [3.63, 3.8) is 0 Å². The van der Waals surface area contributed by atoms with Gasteiger partial charge in [0.05, 0.1) is 11.5 Å². The largest absolute Gasteiger partial charge is 0.462 e. The van der Waals surface area contributed by atoms with E-state index in [1.54, 1.807) is 13.0 Å². The van der Waals surface area contributed by atoms with Crippen LogP contribution in [0.15, 0.2) is 18.2 Å². The highest BCUT2D eigenvalue weighted by molar-refractivity contribution is 6.17. The number of esters is 1. The molecule has 5 nitrogen and oxygen atoms in total. The van der Waals surface area contributed by atoms with Crippen molar-refractivity contribution < 1.29 is 14.5 Å². The number of halogens is 1. The van der Waals surface area contributed by atoms with Crippen LogP contribution in [0.4, 0.5) is 5.69 Å². The van der Waals surface area contributed by atoms with E-state index in [0.29, 0.717) is 5.56 Å². The Balaban J connectivity index is 3.30. The third-order valence-corrected chi connectivity index (χ3v) is 2.24. The molecule has 0 saturated carbocycles. The van der Waals surface area contributed by atoms with Crippen LogP contribution < -0.4 is 0 Å². The highest BCUT2D eigenvalue weighted by atomic mass is 35.5. The van der Waals surface area contributed by atoms with E-state index in [-0.39, 0.29) is 23.7 Å². The molecule has 0 amide bonds. The maximum absolute atomic E-state index is 11.6. The van der Waals surface area contributed by atoms with E-state index in [1.807, 2.05) is 0 Å². The Morgan fingerprint density at radius 1 is 1.56 bits per heavy atom. The summed E-state index contributed by atoms with van der Waals surface area (Å²) in [5.41, 5.74) is 0.0512. The topological polar surface area (TPSA) is 69.4 Å². The summed E-state index contributed by atoms with van der Waals surface area (Å²) in [6.07, 6.45) is 0. The maximum Gasteiger partial charge on any atom is 0.345 e. The molecule has 16 heavy (non-hydrogen) atoms. The predicted octanol–water partition coefficient (Wildman–Crippen LogP) is 2.51. The zero-order chi connectivity index (χ0) is 12.1. The number of ether oxygens (including phenoxy) is 1. The Hall–Kier alpha value is -1.62. The van der Waals surface area contributed by atoms with Gasteiger partial charge in [0.1, 0.15) is 5.56 Å². The van der Waals surface area contributed by atoms with Crippen LogP contribution in [0, 0.1) is 10.1 Å². The lowest BCUT2D eigenvalue weighted by Crippen LogP contribution is -2.10. The fourth-order valence-corrected chi connectivity index (χ4v) is 1.51. The number of nitrogens with zero attached hydrogens (tertiary/aromatic N) is 1. The zero-order valence-corrected chi connectivity index (χ0v) is 9.36. The van der Waals surface area contributed by atoms with Gasteiger partial charge in [-0.15, -0.1) is 11.6 Å². The van der Waals surface area contributed by atoms with Crippen LogP contribution in [0.5, 0.6) is 0 Å². The third kappa shape index (κ3) is 2.49.